The second-order valence-corrected chi connectivity index (χ2v) is 10.2. The van der Waals surface area contributed by atoms with Gasteiger partial charge < -0.3 is 0 Å². The number of sulfonamides is 1. The van der Waals surface area contributed by atoms with Gasteiger partial charge in [0.25, 0.3) is 15.9 Å². The van der Waals surface area contributed by atoms with Crippen LogP contribution in [0.25, 0.3) is 10.2 Å². The number of para-hydroxylation sites is 1. The number of thiazole rings is 1. The number of nitrogens with zero attached hydrogens (tertiary/aromatic N) is 2. The molecule has 31 heavy (non-hydrogen) atoms. The minimum atomic E-state index is -3.74. The summed E-state index contributed by atoms with van der Waals surface area (Å²) in [6.45, 7) is 1.88. The van der Waals surface area contributed by atoms with Crippen molar-refractivity contribution in [3.05, 3.63) is 82.9 Å². The first kappa shape index (κ1) is 21.3. The quantitative estimate of drug-likeness (QED) is 0.426. The van der Waals surface area contributed by atoms with E-state index >= 15 is 0 Å². The van der Waals surface area contributed by atoms with Crippen LogP contribution < -0.4 is 9.62 Å². The van der Waals surface area contributed by atoms with Crippen molar-refractivity contribution >= 4 is 59.9 Å². The van der Waals surface area contributed by atoms with E-state index in [0.717, 1.165) is 15.8 Å². The number of aromatic nitrogens is 1. The van der Waals surface area contributed by atoms with E-state index in [9.17, 15) is 13.2 Å². The lowest BCUT2D eigenvalue weighted by atomic mass is 10.2. The lowest BCUT2D eigenvalue weighted by Crippen LogP contribution is -2.26. The Balaban J connectivity index is 1.54. The third-order valence-electron chi connectivity index (χ3n) is 4.86. The number of benzene rings is 3. The van der Waals surface area contributed by atoms with Crippen LogP contribution >= 0.6 is 22.9 Å². The average molecular weight is 472 g/mol. The second-order valence-electron chi connectivity index (χ2n) is 6.82. The van der Waals surface area contributed by atoms with Crippen LogP contribution in [-0.4, -0.2) is 26.4 Å². The van der Waals surface area contributed by atoms with Gasteiger partial charge in [-0.3, -0.25) is 14.4 Å². The molecule has 0 spiro atoms. The minimum absolute atomic E-state index is 0.0978. The fraction of sp³-hybridized carbons (Fsp3) is 0.0909. The smallest absolute Gasteiger partial charge is 0.264 e. The van der Waals surface area contributed by atoms with Gasteiger partial charge in [-0.05, 0) is 61.0 Å². The first-order valence-electron chi connectivity index (χ1n) is 9.28. The van der Waals surface area contributed by atoms with E-state index < -0.39 is 10.0 Å². The first-order valence-corrected chi connectivity index (χ1v) is 11.9. The van der Waals surface area contributed by atoms with E-state index in [4.69, 9.17) is 11.6 Å². The minimum Gasteiger partial charge on any atom is -0.298 e. The van der Waals surface area contributed by atoms with Crippen LogP contribution in [0.4, 0.5) is 10.8 Å². The fourth-order valence-corrected chi connectivity index (χ4v) is 5.30. The highest BCUT2D eigenvalue weighted by molar-refractivity contribution is 7.92. The molecule has 0 saturated heterocycles. The molecule has 0 fully saturated rings. The molecule has 0 saturated carbocycles. The number of carbonyl (C=O) groups is 1. The predicted octanol–water partition coefficient (Wildman–Crippen LogP) is 5.34. The van der Waals surface area contributed by atoms with Gasteiger partial charge in [0.15, 0.2) is 5.13 Å². The van der Waals surface area contributed by atoms with Gasteiger partial charge in [0, 0.05) is 17.6 Å². The zero-order valence-corrected chi connectivity index (χ0v) is 19.1. The number of aryl methyl sites for hydroxylation is 1. The molecule has 0 aliphatic heterocycles. The topological polar surface area (TPSA) is 79.4 Å². The molecule has 4 rings (SSSR count). The van der Waals surface area contributed by atoms with Crippen LogP contribution in [-0.2, 0) is 10.0 Å². The molecule has 0 aliphatic carbocycles. The highest BCUT2D eigenvalue weighted by Gasteiger charge is 2.21. The van der Waals surface area contributed by atoms with Crippen LogP contribution in [0.2, 0.25) is 5.02 Å². The molecule has 9 heteroatoms. The summed E-state index contributed by atoms with van der Waals surface area (Å²) in [7, 11) is -2.25. The van der Waals surface area contributed by atoms with Crippen molar-refractivity contribution in [3.63, 3.8) is 0 Å². The summed E-state index contributed by atoms with van der Waals surface area (Å²) in [5.41, 5.74) is 2.48. The van der Waals surface area contributed by atoms with Crippen LogP contribution in [0, 0.1) is 6.92 Å². The van der Waals surface area contributed by atoms with Gasteiger partial charge in [-0.1, -0.05) is 41.1 Å². The second kappa shape index (κ2) is 8.30. The Morgan fingerprint density at radius 3 is 2.39 bits per heavy atom. The number of hydrogen-bond donors (Lipinski definition) is 1. The molecule has 1 aromatic heterocycles. The number of nitrogens with one attached hydrogen (secondary N) is 1. The van der Waals surface area contributed by atoms with Gasteiger partial charge >= 0.3 is 0 Å². The van der Waals surface area contributed by atoms with Crippen molar-refractivity contribution in [1.29, 1.82) is 0 Å². The van der Waals surface area contributed by atoms with E-state index in [1.54, 1.807) is 30.3 Å². The molecule has 4 aromatic rings. The van der Waals surface area contributed by atoms with Crippen LogP contribution in [0.1, 0.15) is 15.9 Å². The predicted molar refractivity (Wildman–Crippen MR) is 126 cm³/mol. The maximum atomic E-state index is 12.9. The summed E-state index contributed by atoms with van der Waals surface area (Å²) >= 11 is 7.48. The number of carbonyl (C=O) groups excluding carboxylic acids is 1. The molecular formula is C22H18ClN3O3S2. The molecule has 3 aromatic carbocycles. The Hall–Kier alpha value is -2.94. The zero-order valence-electron chi connectivity index (χ0n) is 16.7. The van der Waals surface area contributed by atoms with Crippen molar-refractivity contribution in [2.75, 3.05) is 16.7 Å². The van der Waals surface area contributed by atoms with Crippen LogP contribution in [0.5, 0.6) is 0 Å². The molecular weight excluding hydrogens is 454 g/mol. The van der Waals surface area contributed by atoms with Gasteiger partial charge in [-0.15, -0.1) is 0 Å². The highest BCUT2D eigenvalue weighted by Crippen LogP contribution is 2.32. The van der Waals surface area contributed by atoms with Crippen LogP contribution in [0.15, 0.2) is 71.6 Å². The number of halogens is 1. The van der Waals surface area contributed by atoms with Crippen molar-refractivity contribution in [3.8, 4) is 0 Å². The Morgan fingerprint density at radius 1 is 1.03 bits per heavy atom. The van der Waals surface area contributed by atoms with Gasteiger partial charge in [0.1, 0.15) is 0 Å². The van der Waals surface area contributed by atoms with E-state index in [1.807, 2.05) is 19.1 Å². The summed E-state index contributed by atoms with van der Waals surface area (Å²) in [4.78, 5) is 17.2. The Bertz CT molecular complexity index is 1370. The Kier molecular flexibility index (Phi) is 5.70. The molecule has 158 valence electrons. The Morgan fingerprint density at radius 2 is 1.71 bits per heavy atom. The summed E-state index contributed by atoms with van der Waals surface area (Å²) in [5, 5.41) is 3.84. The van der Waals surface area contributed by atoms with E-state index in [0.29, 0.717) is 21.4 Å². The fourth-order valence-electron chi connectivity index (χ4n) is 3.04. The van der Waals surface area contributed by atoms with Gasteiger partial charge in [0.05, 0.1) is 20.8 Å². The van der Waals surface area contributed by atoms with Crippen molar-refractivity contribution in [2.45, 2.75) is 11.8 Å². The summed E-state index contributed by atoms with van der Waals surface area (Å²) in [6, 6.07) is 18.3. The molecule has 0 radical (unpaired) electrons. The molecule has 1 N–H and O–H groups in total. The van der Waals surface area contributed by atoms with E-state index in [2.05, 4.69) is 10.3 Å². The van der Waals surface area contributed by atoms with E-state index in [-0.39, 0.29) is 10.8 Å². The zero-order chi connectivity index (χ0) is 22.2. The number of anilines is 2. The van der Waals surface area contributed by atoms with Crippen molar-refractivity contribution < 1.29 is 13.2 Å². The lowest BCUT2D eigenvalue weighted by Gasteiger charge is -2.19. The third-order valence-corrected chi connectivity index (χ3v) is 8.01. The number of hydrogen-bond acceptors (Lipinski definition) is 5. The number of fused-ring (bicyclic) bond motifs is 1. The highest BCUT2D eigenvalue weighted by atomic mass is 35.5. The summed E-state index contributed by atoms with van der Waals surface area (Å²) < 4.78 is 27.9. The van der Waals surface area contributed by atoms with Crippen molar-refractivity contribution in [2.24, 2.45) is 0 Å². The Labute approximate surface area is 189 Å². The molecule has 0 aliphatic rings. The molecule has 0 unspecified atom stereocenters. The largest absolute Gasteiger partial charge is 0.298 e. The monoisotopic (exact) mass is 471 g/mol. The first-order chi connectivity index (χ1) is 14.8. The van der Waals surface area contributed by atoms with Gasteiger partial charge in [0.2, 0.25) is 0 Å². The van der Waals surface area contributed by atoms with Gasteiger partial charge in [-0.25, -0.2) is 13.4 Å². The maximum absolute atomic E-state index is 12.9. The summed E-state index contributed by atoms with van der Waals surface area (Å²) in [5.74, 6) is -0.372. The average Bonchev–Trinajstić information content (AvgIpc) is 3.19. The molecule has 1 amide bonds. The molecule has 1 heterocycles. The standard InChI is InChI=1S/C22H18ClN3O3S2/c1-14-18(23)12-13-19-20(14)24-22(30-19)25-21(27)15-8-10-17(11-9-15)31(28,29)26(2)16-6-4-3-5-7-16/h3-13H,1-2H3,(H,24,25,27). The number of amides is 1. The molecule has 0 atom stereocenters. The third kappa shape index (κ3) is 4.14. The summed E-state index contributed by atoms with van der Waals surface area (Å²) in [6.07, 6.45) is 0. The SMILES string of the molecule is Cc1c(Cl)ccc2sc(NC(=O)c3ccc(S(=O)(=O)N(C)c4ccccc4)cc3)nc12. The van der Waals surface area contributed by atoms with Crippen molar-refractivity contribution in [1.82, 2.24) is 4.98 Å². The number of rotatable bonds is 5. The maximum Gasteiger partial charge on any atom is 0.264 e. The molecule has 0 bridgehead atoms. The molecule has 6 nitrogen and oxygen atoms in total. The normalized spacial score (nSPS) is 11.5. The lowest BCUT2D eigenvalue weighted by molar-refractivity contribution is 0.102. The van der Waals surface area contributed by atoms with E-state index in [1.165, 1.54) is 47.0 Å². The van der Waals surface area contributed by atoms with Crippen LogP contribution in [0.3, 0.4) is 0 Å². The van der Waals surface area contributed by atoms with Gasteiger partial charge in [-0.2, -0.15) is 0 Å².